The number of hydrogen-bond acceptors (Lipinski definition) is 5. The van der Waals surface area contributed by atoms with Gasteiger partial charge in [-0.15, -0.1) is 0 Å². The van der Waals surface area contributed by atoms with Crippen LogP contribution in [-0.2, 0) is 20.4 Å². The molecule has 0 aliphatic carbocycles. The largest absolute Gasteiger partial charge is 0.325 e. The van der Waals surface area contributed by atoms with Crippen LogP contribution in [0.2, 0.25) is 0 Å². The van der Waals surface area contributed by atoms with Crippen molar-refractivity contribution in [2.75, 3.05) is 11.1 Å². The van der Waals surface area contributed by atoms with E-state index in [2.05, 4.69) is 15.5 Å². The Labute approximate surface area is 163 Å². The van der Waals surface area contributed by atoms with Gasteiger partial charge in [-0.25, -0.2) is 8.42 Å². The van der Waals surface area contributed by atoms with Crippen LogP contribution in [0.25, 0.3) is 0 Å². The minimum atomic E-state index is -3.55. The molecule has 3 aromatic rings. The second kappa shape index (κ2) is 9.05. The van der Waals surface area contributed by atoms with Crippen LogP contribution in [0.1, 0.15) is 5.56 Å². The Morgan fingerprint density at radius 3 is 1.89 bits per heavy atom. The van der Waals surface area contributed by atoms with E-state index < -0.39 is 21.5 Å². The number of carbonyl (C=O) groups is 1. The number of carbonyl (C=O) groups excluding carboxylic acids is 1. The summed E-state index contributed by atoms with van der Waals surface area (Å²) in [6.07, 6.45) is 0. The molecule has 0 fully saturated rings. The van der Waals surface area contributed by atoms with Crippen LogP contribution in [0.4, 0.5) is 17.1 Å². The number of amides is 1. The van der Waals surface area contributed by atoms with Gasteiger partial charge >= 0.3 is 0 Å². The van der Waals surface area contributed by atoms with E-state index in [1.807, 2.05) is 36.4 Å². The van der Waals surface area contributed by atoms with Crippen molar-refractivity contribution in [3.05, 3.63) is 90.5 Å². The number of rotatable bonds is 7. The third-order valence-electron chi connectivity index (χ3n) is 3.77. The van der Waals surface area contributed by atoms with Crippen LogP contribution >= 0.6 is 0 Å². The van der Waals surface area contributed by atoms with E-state index in [-0.39, 0.29) is 5.75 Å². The lowest BCUT2D eigenvalue weighted by Crippen LogP contribution is -2.23. The van der Waals surface area contributed by atoms with Gasteiger partial charge in [0.15, 0.2) is 9.84 Å². The molecule has 1 amide bonds. The summed E-state index contributed by atoms with van der Waals surface area (Å²) in [5.41, 5.74) is 2.52. The summed E-state index contributed by atoms with van der Waals surface area (Å²) in [5, 5.41) is 10.8. The monoisotopic (exact) mass is 393 g/mol. The molecule has 0 aliphatic heterocycles. The third kappa shape index (κ3) is 6.14. The van der Waals surface area contributed by atoms with E-state index in [1.54, 1.807) is 48.5 Å². The van der Waals surface area contributed by atoms with E-state index in [1.165, 1.54) is 0 Å². The van der Waals surface area contributed by atoms with Crippen molar-refractivity contribution in [2.45, 2.75) is 5.75 Å². The number of benzene rings is 3. The molecule has 0 aliphatic rings. The first-order valence-corrected chi connectivity index (χ1v) is 10.4. The van der Waals surface area contributed by atoms with E-state index >= 15 is 0 Å². The molecular formula is C21H19N3O3S. The maximum atomic E-state index is 12.2. The number of nitrogens with one attached hydrogen (secondary N) is 1. The van der Waals surface area contributed by atoms with Gasteiger partial charge in [-0.1, -0.05) is 48.5 Å². The molecule has 3 aromatic carbocycles. The molecule has 0 bridgehead atoms. The van der Waals surface area contributed by atoms with Crippen LogP contribution in [0.15, 0.2) is 95.2 Å². The number of sulfone groups is 1. The summed E-state index contributed by atoms with van der Waals surface area (Å²) in [6.45, 7) is 0. The fourth-order valence-electron chi connectivity index (χ4n) is 2.50. The standard InChI is InChI=1S/C21H19N3O3S/c25-21(16-28(26,27)15-17-7-3-1-4-8-17)22-18-11-13-20(14-12-18)24-23-19-9-5-2-6-10-19/h1-14H,15-16H2,(H,22,25). The molecule has 0 unspecified atom stereocenters. The van der Waals surface area contributed by atoms with Crippen LogP contribution in [-0.4, -0.2) is 20.1 Å². The third-order valence-corrected chi connectivity index (χ3v) is 5.24. The first-order chi connectivity index (χ1) is 13.5. The number of azo groups is 1. The normalized spacial score (nSPS) is 11.4. The number of nitrogens with zero attached hydrogens (tertiary/aromatic N) is 2. The van der Waals surface area contributed by atoms with Gasteiger partial charge in [-0.3, -0.25) is 4.79 Å². The Morgan fingerprint density at radius 1 is 0.750 bits per heavy atom. The van der Waals surface area contributed by atoms with Crippen molar-refractivity contribution in [3.8, 4) is 0 Å². The van der Waals surface area contributed by atoms with Crippen LogP contribution in [0, 0.1) is 0 Å². The molecule has 1 N–H and O–H groups in total. The molecular weight excluding hydrogens is 374 g/mol. The van der Waals surface area contributed by atoms with E-state index in [9.17, 15) is 13.2 Å². The lowest BCUT2D eigenvalue weighted by molar-refractivity contribution is -0.113. The smallest absolute Gasteiger partial charge is 0.239 e. The van der Waals surface area contributed by atoms with Crippen molar-refractivity contribution in [1.29, 1.82) is 0 Å². The second-order valence-corrected chi connectivity index (χ2v) is 8.21. The van der Waals surface area contributed by atoms with Gasteiger partial charge in [0.2, 0.25) is 5.91 Å². The lowest BCUT2D eigenvalue weighted by atomic mass is 10.2. The topological polar surface area (TPSA) is 88.0 Å². The predicted octanol–water partition coefficient (Wildman–Crippen LogP) is 4.66. The van der Waals surface area contributed by atoms with E-state index in [4.69, 9.17) is 0 Å². The fourth-order valence-corrected chi connectivity index (χ4v) is 3.77. The first kappa shape index (κ1) is 19.4. The average molecular weight is 393 g/mol. The molecule has 142 valence electrons. The molecule has 0 saturated carbocycles. The first-order valence-electron chi connectivity index (χ1n) is 8.61. The molecule has 0 radical (unpaired) electrons. The molecule has 0 spiro atoms. The minimum absolute atomic E-state index is 0.167. The van der Waals surface area contributed by atoms with Crippen LogP contribution in [0.3, 0.4) is 0 Å². The minimum Gasteiger partial charge on any atom is -0.325 e. The highest BCUT2D eigenvalue weighted by atomic mass is 32.2. The molecule has 3 rings (SSSR count). The van der Waals surface area contributed by atoms with Gasteiger partial charge in [0.25, 0.3) is 0 Å². The Morgan fingerprint density at radius 2 is 1.29 bits per heavy atom. The van der Waals surface area contributed by atoms with Crippen molar-refractivity contribution in [2.24, 2.45) is 10.2 Å². The summed E-state index contributed by atoms with van der Waals surface area (Å²) >= 11 is 0. The Bertz CT molecular complexity index is 1050. The maximum Gasteiger partial charge on any atom is 0.239 e. The van der Waals surface area contributed by atoms with Crippen molar-refractivity contribution in [3.63, 3.8) is 0 Å². The Kier molecular flexibility index (Phi) is 6.29. The Hall–Kier alpha value is -3.32. The fraction of sp³-hybridized carbons (Fsp3) is 0.0952. The Balaban J connectivity index is 1.56. The average Bonchev–Trinajstić information content (AvgIpc) is 2.68. The van der Waals surface area contributed by atoms with Crippen molar-refractivity contribution < 1.29 is 13.2 Å². The number of anilines is 1. The van der Waals surface area contributed by atoms with Crippen LogP contribution in [0.5, 0.6) is 0 Å². The SMILES string of the molecule is O=C(CS(=O)(=O)Cc1ccccc1)Nc1ccc(N=Nc2ccccc2)cc1. The lowest BCUT2D eigenvalue weighted by Gasteiger charge is -2.07. The van der Waals surface area contributed by atoms with Gasteiger partial charge in [-0.05, 0) is 42.0 Å². The molecule has 0 saturated heterocycles. The maximum absolute atomic E-state index is 12.2. The summed E-state index contributed by atoms with van der Waals surface area (Å²) < 4.78 is 24.4. The molecule has 0 atom stereocenters. The highest BCUT2D eigenvalue weighted by Gasteiger charge is 2.17. The van der Waals surface area contributed by atoms with Gasteiger partial charge < -0.3 is 5.32 Å². The number of hydrogen-bond donors (Lipinski definition) is 1. The summed E-state index contributed by atoms with van der Waals surface area (Å²) in [4.78, 5) is 12.1. The molecule has 28 heavy (non-hydrogen) atoms. The zero-order valence-electron chi connectivity index (χ0n) is 15.0. The van der Waals surface area contributed by atoms with Gasteiger partial charge in [0.1, 0.15) is 5.75 Å². The summed E-state index contributed by atoms with van der Waals surface area (Å²) in [6, 6.07) is 24.8. The summed E-state index contributed by atoms with van der Waals surface area (Å²) in [7, 11) is -3.55. The zero-order chi connectivity index (χ0) is 19.8. The highest BCUT2D eigenvalue weighted by molar-refractivity contribution is 7.91. The molecule has 7 heteroatoms. The van der Waals surface area contributed by atoms with Crippen LogP contribution < -0.4 is 5.32 Å². The van der Waals surface area contributed by atoms with Gasteiger partial charge in [-0.2, -0.15) is 10.2 Å². The predicted molar refractivity (Wildman–Crippen MR) is 110 cm³/mol. The van der Waals surface area contributed by atoms with Crippen molar-refractivity contribution in [1.82, 2.24) is 0 Å². The molecule has 0 aromatic heterocycles. The summed E-state index contributed by atoms with van der Waals surface area (Å²) in [5.74, 6) is -1.31. The second-order valence-electron chi connectivity index (χ2n) is 6.15. The van der Waals surface area contributed by atoms with Gasteiger partial charge in [0, 0.05) is 5.69 Å². The zero-order valence-corrected chi connectivity index (χ0v) is 15.8. The quantitative estimate of drug-likeness (QED) is 0.592. The van der Waals surface area contributed by atoms with Gasteiger partial charge in [0.05, 0.1) is 17.1 Å². The molecule has 6 nitrogen and oxygen atoms in total. The highest BCUT2D eigenvalue weighted by Crippen LogP contribution is 2.20. The molecule has 0 heterocycles. The van der Waals surface area contributed by atoms with Crippen molar-refractivity contribution >= 4 is 32.8 Å². The van der Waals surface area contributed by atoms with E-state index in [0.717, 1.165) is 5.69 Å². The van der Waals surface area contributed by atoms with E-state index in [0.29, 0.717) is 16.9 Å².